The van der Waals surface area contributed by atoms with Gasteiger partial charge in [-0.2, -0.15) is 0 Å². The topological polar surface area (TPSA) is 75.4 Å². The molecule has 0 radical (unpaired) electrons. The van der Waals surface area contributed by atoms with Gasteiger partial charge in [-0.05, 0) is 50.4 Å². The molecule has 120 valence electrons. The quantitative estimate of drug-likeness (QED) is 0.813. The smallest absolute Gasteiger partial charge is 0.238 e. The standard InChI is InChI=1S/C17H25N3O2/c1-12-7-8-20(10-14(12)9-18)11-17(22)19-16-6-4-3-5-15(16)13(2)21/h3-6,12,14H,7-11,18H2,1-2H3,(H,19,22). The normalized spacial score (nSPS) is 22.3. The molecule has 2 unspecified atom stereocenters. The van der Waals surface area contributed by atoms with E-state index in [1.807, 2.05) is 6.07 Å². The minimum atomic E-state index is -0.0842. The number of amides is 1. The van der Waals surface area contributed by atoms with Crippen LogP contribution in [0.4, 0.5) is 5.69 Å². The molecule has 2 rings (SSSR count). The lowest BCUT2D eigenvalue weighted by Gasteiger charge is -2.36. The molecular weight excluding hydrogens is 278 g/mol. The van der Waals surface area contributed by atoms with Gasteiger partial charge >= 0.3 is 0 Å². The van der Waals surface area contributed by atoms with Crippen LogP contribution in [0.1, 0.15) is 30.6 Å². The fourth-order valence-corrected chi connectivity index (χ4v) is 2.97. The van der Waals surface area contributed by atoms with Crippen LogP contribution in [0.5, 0.6) is 0 Å². The van der Waals surface area contributed by atoms with E-state index in [4.69, 9.17) is 5.73 Å². The van der Waals surface area contributed by atoms with Crippen LogP contribution in [-0.2, 0) is 4.79 Å². The maximum Gasteiger partial charge on any atom is 0.238 e. The van der Waals surface area contributed by atoms with Gasteiger partial charge in [0.15, 0.2) is 5.78 Å². The monoisotopic (exact) mass is 303 g/mol. The third kappa shape index (κ3) is 4.15. The van der Waals surface area contributed by atoms with Gasteiger partial charge in [-0.25, -0.2) is 0 Å². The maximum absolute atomic E-state index is 12.2. The van der Waals surface area contributed by atoms with Crippen LogP contribution in [0.15, 0.2) is 24.3 Å². The van der Waals surface area contributed by atoms with Gasteiger partial charge in [0, 0.05) is 12.1 Å². The first-order valence-electron chi connectivity index (χ1n) is 7.83. The second-order valence-corrected chi connectivity index (χ2v) is 6.15. The van der Waals surface area contributed by atoms with Crippen LogP contribution in [0.3, 0.4) is 0 Å². The van der Waals surface area contributed by atoms with Crippen LogP contribution in [0.2, 0.25) is 0 Å². The van der Waals surface area contributed by atoms with Crippen molar-refractivity contribution in [3.63, 3.8) is 0 Å². The highest BCUT2D eigenvalue weighted by molar-refractivity contribution is 6.04. The van der Waals surface area contributed by atoms with Gasteiger partial charge in [0.05, 0.1) is 12.2 Å². The highest BCUT2D eigenvalue weighted by Crippen LogP contribution is 2.22. The Hall–Kier alpha value is -1.72. The van der Waals surface area contributed by atoms with E-state index in [0.29, 0.717) is 36.2 Å². The minimum Gasteiger partial charge on any atom is -0.330 e. The van der Waals surface area contributed by atoms with Crippen LogP contribution >= 0.6 is 0 Å². The first kappa shape index (κ1) is 16.6. The number of Topliss-reactive ketones (excluding diaryl/α,β-unsaturated/α-hetero) is 1. The van der Waals surface area contributed by atoms with Gasteiger partial charge in [-0.1, -0.05) is 19.1 Å². The largest absolute Gasteiger partial charge is 0.330 e. The number of hydrogen-bond acceptors (Lipinski definition) is 4. The van der Waals surface area contributed by atoms with Crippen molar-refractivity contribution in [2.24, 2.45) is 17.6 Å². The number of para-hydroxylation sites is 1. The number of anilines is 1. The molecule has 5 nitrogen and oxygen atoms in total. The first-order chi connectivity index (χ1) is 10.5. The Balaban J connectivity index is 1.95. The third-order valence-corrected chi connectivity index (χ3v) is 4.45. The average molecular weight is 303 g/mol. The van der Waals surface area contributed by atoms with E-state index in [9.17, 15) is 9.59 Å². The molecule has 1 saturated heterocycles. The maximum atomic E-state index is 12.2. The summed E-state index contributed by atoms with van der Waals surface area (Å²) in [6.45, 7) is 6.50. The molecule has 0 saturated carbocycles. The number of benzene rings is 1. The molecule has 1 heterocycles. The molecule has 22 heavy (non-hydrogen) atoms. The van der Waals surface area contributed by atoms with Gasteiger partial charge in [0.25, 0.3) is 0 Å². The molecule has 0 spiro atoms. The summed E-state index contributed by atoms with van der Waals surface area (Å²) in [7, 11) is 0. The molecule has 0 aromatic heterocycles. The zero-order valence-corrected chi connectivity index (χ0v) is 13.3. The lowest BCUT2D eigenvalue weighted by molar-refractivity contribution is -0.117. The van der Waals surface area contributed by atoms with Crippen LogP contribution in [0, 0.1) is 11.8 Å². The molecular formula is C17H25N3O2. The summed E-state index contributed by atoms with van der Waals surface area (Å²) in [5.74, 6) is 0.929. The Kier molecular flexibility index (Phi) is 5.69. The van der Waals surface area contributed by atoms with Gasteiger partial charge in [0.1, 0.15) is 0 Å². The molecule has 2 atom stereocenters. The van der Waals surface area contributed by atoms with E-state index in [0.717, 1.165) is 19.5 Å². The van der Waals surface area contributed by atoms with Gasteiger partial charge in [0.2, 0.25) is 5.91 Å². The Labute approximate surface area is 131 Å². The second-order valence-electron chi connectivity index (χ2n) is 6.15. The number of nitrogens with one attached hydrogen (secondary N) is 1. The molecule has 1 aliphatic heterocycles. The van der Waals surface area contributed by atoms with Crippen LogP contribution in [-0.4, -0.2) is 42.8 Å². The summed E-state index contributed by atoms with van der Waals surface area (Å²) in [6, 6.07) is 7.10. The highest BCUT2D eigenvalue weighted by Gasteiger charge is 2.26. The number of piperidine rings is 1. The molecule has 1 aliphatic rings. The van der Waals surface area contributed by atoms with Crippen molar-refractivity contribution < 1.29 is 9.59 Å². The summed E-state index contributed by atoms with van der Waals surface area (Å²) in [4.78, 5) is 26.0. The van der Waals surface area contributed by atoms with Crippen molar-refractivity contribution in [1.82, 2.24) is 4.90 Å². The van der Waals surface area contributed by atoms with Crippen LogP contribution < -0.4 is 11.1 Å². The Morgan fingerprint density at radius 3 is 2.77 bits per heavy atom. The Morgan fingerprint density at radius 2 is 2.09 bits per heavy atom. The van der Waals surface area contributed by atoms with Crippen molar-refractivity contribution >= 4 is 17.4 Å². The van der Waals surface area contributed by atoms with E-state index in [2.05, 4.69) is 17.1 Å². The first-order valence-corrected chi connectivity index (χ1v) is 7.83. The molecule has 1 aromatic carbocycles. The highest BCUT2D eigenvalue weighted by atomic mass is 16.2. The number of nitrogens with two attached hydrogens (primary N) is 1. The molecule has 1 aromatic rings. The number of hydrogen-bond donors (Lipinski definition) is 2. The Bertz CT molecular complexity index is 544. The summed E-state index contributed by atoms with van der Waals surface area (Å²) >= 11 is 0. The fraction of sp³-hybridized carbons (Fsp3) is 0.529. The Morgan fingerprint density at radius 1 is 1.36 bits per heavy atom. The van der Waals surface area contributed by atoms with E-state index in [1.165, 1.54) is 6.92 Å². The van der Waals surface area contributed by atoms with E-state index >= 15 is 0 Å². The van der Waals surface area contributed by atoms with E-state index in [1.54, 1.807) is 18.2 Å². The fourth-order valence-electron chi connectivity index (χ4n) is 2.97. The van der Waals surface area contributed by atoms with Crippen molar-refractivity contribution in [2.75, 3.05) is 31.5 Å². The number of ketones is 1. The zero-order chi connectivity index (χ0) is 16.1. The molecule has 3 N–H and O–H groups in total. The van der Waals surface area contributed by atoms with Gasteiger partial charge in [-0.15, -0.1) is 0 Å². The predicted octanol–water partition coefficient (Wildman–Crippen LogP) is 1.74. The van der Waals surface area contributed by atoms with Crippen molar-refractivity contribution in [3.05, 3.63) is 29.8 Å². The lowest BCUT2D eigenvalue weighted by atomic mass is 9.87. The SMILES string of the molecule is CC(=O)c1ccccc1NC(=O)CN1CCC(C)C(CN)C1. The van der Waals surface area contributed by atoms with Crippen molar-refractivity contribution in [3.8, 4) is 0 Å². The molecule has 0 bridgehead atoms. The third-order valence-electron chi connectivity index (χ3n) is 4.45. The second kappa shape index (κ2) is 7.51. The number of nitrogens with zero attached hydrogens (tertiary/aromatic N) is 1. The van der Waals surface area contributed by atoms with Gasteiger partial charge in [-0.3, -0.25) is 14.5 Å². The minimum absolute atomic E-state index is 0.0501. The van der Waals surface area contributed by atoms with E-state index < -0.39 is 0 Å². The molecule has 5 heteroatoms. The van der Waals surface area contributed by atoms with Crippen molar-refractivity contribution in [1.29, 1.82) is 0 Å². The van der Waals surface area contributed by atoms with Crippen molar-refractivity contribution in [2.45, 2.75) is 20.3 Å². The number of carbonyl (C=O) groups excluding carboxylic acids is 2. The summed E-state index contributed by atoms with van der Waals surface area (Å²) in [5.41, 5.74) is 6.93. The number of rotatable bonds is 5. The summed E-state index contributed by atoms with van der Waals surface area (Å²) in [6.07, 6.45) is 1.07. The molecule has 0 aliphatic carbocycles. The lowest BCUT2D eigenvalue weighted by Crippen LogP contribution is -2.45. The summed E-state index contributed by atoms with van der Waals surface area (Å²) in [5, 5.41) is 2.85. The number of carbonyl (C=O) groups is 2. The van der Waals surface area contributed by atoms with Crippen LogP contribution in [0.25, 0.3) is 0 Å². The predicted molar refractivity (Wildman–Crippen MR) is 87.8 cm³/mol. The van der Waals surface area contributed by atoms with Gasteiger partial charge < -0.3 is 11.1 Å². The summed E-state index contributed by atoms with van der Waals surface area (Å²) < 4.78 is 0. The number of likely N-dealkylation sites (tertiary alicyclic amines) is 1. The molecule has 1 fully saturated rings. The average Bonchev–Trinajstić information content (AvgIpc) is 2.49. The molecule has 1 amide bonds. The zero-order valence-electron chi connectivity index (χ0n) is 13.3. The van der Waals surface area contributed by atoms with E-state index in [-0.39, 0.29) is 11.7 Å².